The summed E-state index contributed by atoms with van der Waals surface area (Å²) in [5, 5.41) is 3.80. The van der Waals surface area contributed by atoms with Crippen LogP contribution in [0.4, 0.5) is 0 Å². The van der Waals surface area contributed by atoms with Gasteiger partial charge in [0.15, 0.2) is 0 Å². The second-order valence-corrected chi connectivity index (χ2v) is 6.19. The van der Waals surface area contributed by atoms with Crippen molar-refractivity contribution in [3.8, 4) is 0 Å². The molecular formula is C14H28N2. The quantitative estimate of drug-likeness (QED) is 0.753. The van der Waals surface area contributed by atoms with Gasteiger partial charge in [-0.15, -0.1) is 0 Å². The fraction of sp³-hybridized carbons (Fsp3) is 1.00. The number of hydrogen-bond acceptors (Lipinski definition) is 2. The van der Waals surface area contributed by atoms with E-state index in [1.165, 1.54) is 45.1 Å². The molecule has 2 aliphatic carbocycles. The zero-order valence-electron chi connectivity index (χ0n) is 11.0. The minimum Gasteiger partial charge on any atom is -0.329 e. The molecule has 0 aliphatic heterocycles. The van der Waals surface area contributed by atoms with Gasteiger partial charge in [0.05, 0.1) is 0 Å². The first-order valence-electron chi connectivity index (χ1n) is 7.14. The Bertz CT molecular complexity index is 219. The molecule has 0 saturated heterocycles. The normalized spacial score (nSPS) is 43.3. The molecule has 0 heterocycles. The van der Waals surface area contributed by atoms with Crippen LogP contribution in [0.25, 0.3) is 0 Å². The number of nitrogens with one attached hydrogen (secondary N) is 1. The fourth-order valence-electron chi connectivity index (χ4n) is 3.12. The highest BCUT2D eigenvalue weighted by Gasteiger charge is 2.37. The summed E-state index contributed by atoms with van der Waals surface area (Å²) >= 11 is 0. The molecule has 0 aromatic heterocycles. The topological polar surface area (TPSA) is 38.0 Å². The lowest BCUT2D eigenvalue weighted by molar-refractivity contribution is 0.189. The molecule has 2 heteroatoms. The van der Waals surface area contributed by atoms with Gasteiger partial charge in [0.25, 0.3) is 0 Å². The summed E-state index contributed by atoms with van der Waals surface area (Å²) in [4.78, 5) is 0. The smallest absolute Gasteiger partial charge is 0.0304 e. The van der Waals surface area contributed by atoms with E-state index in [1.54, 1.807) is 0 Å². The van der Waals surface area contributed by atoms with E-state index in [2.05, 4.69) is 19.2 Å². The monoisotopic (exact) mass is 224 g/mol. The summed E-state index contributed by atoms with van der Waals surface area (Å²) < 4.78 is 0. The summed E-state index contributed by atoms with van der Waals surface area (Å²) in [5.74, 6) is 2.85. The highest BCUT2D eigenvalue weighted by atomic mass is 15.0. The Morgan fingerprint density at radius 1 is 1.31 bits per heavy atom. The van der Waals surface area contributed by atoms with E-state index >= 15 is 0 Å². The van der Waals surface area contributed by atoms with E-state index in [9.17, 15) is 0 Å². The van der Waals surface area contributed by atoms with Crippen molar-refractivity contribution in [2.24, 2.45) is 23.5 Å². The van der Waals surface area contributed by atoms with Gasteiger partial charge in [0, 0.05) is 12.1 Å². The zero-order valence-corrected chi connectivity index (χ0v) is 11.0. The first-order valence-corrected chi connectivity index (χ1v) is 7.14. The lowest BCUT2D eigenvalue weighted by atomic mass is 9.75. The van der Waals surface area contributed by atoms with Crippen molar-refractivity contribution in [2.45, 2.75) is 57.9 Å². The minimum atomic E-state index is 0.286. The van der Waals surface area contributed by atoms with Crippen LogP contribution < -0.4 is 11.1 Å². The van der Waals surface area contributed by atoms with Crippen molar-refractivity contribution in [1.29, 1.82) is 0 Å². The van der Waals surface area contributed by atoms with Gasteiger partial charge in [-0.3, -0.25) is 0 Å². The Morgan fingerprint density at radius 3 is 2.38 bits per heavy atom. The van der Waals surface area contributed by atoms with Gasteiger partial charge in [-0.25, -0.2) is 0 Å². The van der Waals surface area contributed by atoms with E-state index in [0.717, 1.165) is 24.3 Å². The van der Waals surface area contributed by atoms with Crippen LogP contribution in [0.3, 0.4) is 0 Å². The Kier molecular flexibility index (Phi) is 3.91. The molecule has 2 rings (SSSR count). The molecule has 0 aromatic carbocycles. The van der Waals surface area contributed by atoms with Crippen molar-refractivity contribution < 1.29 is 0 Å². The van der Waals surface area contributed by atoms with Crippen LogP contribution >= 0.6 is 0 Å². The van der Waals surface area contributed by atoms with Crippen LogP contribution in [0, 0.1) is 17.8 Å². The van der Waals surface area contributed by atoms with Crippen LogP contribution in [-0.2, 0) is 0 Å². The molecule has 2 aliphatic rings. The summed E-state index contributed by atoms with van der Waals surface area (Å²) in [7, 11) is 0. The largest absolute Gasteiger partial charge is 0.329 e. The molecule has 0 radical (unpaired) electrons. The van der Waals surface area contributed by atoms with Crippen molar-refractivity contribution in [2.75, 3.05) is 13.1 Å². The lowest BCUT2D eigenvalue weighted by Gasteiger charge is -2.40. The Morgan fingerprint density at radius 2 is 1.94 bits per heavy atom. The third kappa shape index (κ3) is 2.78. The first kappa shape index (κ1) is 12.4. The maximum Gasteiger partial charge on any atom is 0.0304 e. The van der Waals surface area contributed by atoms with Gasteiger partial charge in [-0.2, -0.15) is 0 Å². The molecule has 3 N–H and O–H groups in total. The molecule has 0 spiro atoms. The molecule has 2 saturated carbocycles. The molecule has 2 nitrogen and oxygen atoms in total. The summed E-state index contributed by atoms with van der Waals surface area (Å²) in [6.07, 6.45) is 8.11. The average molecular weight is 224 g/mol. The average Bonchev–Trinajstić information content (AvgIpc) is 3.04. The van der Waals surface area contributed by atoms with E-state index in [1.807, 2.05) is 0 Å². The molecule has 2 fully saturated rings. The van der Waals surface area contributed by atoms with Crippen LogP contribution in [0.5, 0.6) is 0 Å². The SMILES string of the molecule is CCC1CCC(CN)(NCC2CC2C)CC1. The van der Waals surface area contributed by atoms with Crippen LogP contribution in [0.15, 0.2) is 0 Å². The number of hydrogen-bond donors (Lipinski definition) is 2. The summed E-state index contributed by atoms with van der Waals surface area (Å²) in [6.45, 7) is 6.70. The van der Waals surface area contributed by atoms with Crippen LogP contribution in [0.1, 0.15) is 52.4 Å². The van der Waals surface area contributed by atoms with Gasteiger partial charge >= 0.3 is 0 Å². The van der Waals surface area contributed by atoms with Gasteiger partial charge in [0.1, 0.15) is 0 Å². The maximum atomic E-state index is 6.00. The summed E-state index contributed by atoms with van der Waals surface area (Å²) in [5.41, 5.74) is 6.29. The fourth-order valence-corrected chi connectivity index (χ4v) is 3.12. The van der Waals surface area contributed by atoms with Crippen molar-refractivity contribution in [3.63, 3.8) is 0 Å². The Labute approximate surface area is 100 Å². The van der Waals surface area contributed by atoms with Crippen LogP contribution in [0.2, 0.25) is 0 Å². The molecule has 16 heavy (non-hydrogen) atoms. The molecule has 2 unspecified atom stereocenters. The minimum absolute atomic E-state index is 0.286. The third-order valence-electron chi connectivity index (χ3n) is 5.05. The zero-order chi connectivity index (χ0) is 11.6. The highest BCUT2D eigenvalue weighted by Crippen LogP contribution is 2.39. The van der Waals surface area contributed by atoms with Gasteiger partial charge < -0.3 is 11.1 Å². The Hall–Kier alpha value is -0.0800. The van der Waals surface area contributed by atoms with Crippen molar-refractivity contribution >= 4 is 0 Å². The van der Waals surface area contributed by atoms with E-state index in [4.69, 9.17) is 5.73 Å². The predicted molar refractivity (Wildman–Crippen MR) is 69.3 cm³/mol. The molecular weight excluding hydrogens is 196 g/mol. The van der Waals surface area contributed by atoms with Crippen molar-refractivity contribution in [3.05, 3.63) is 0 Å². The molecule has 94 valence electrons. The second-order valence-electron chi connectivity index (χ2n) is 6.19. The van der Waals surface area contributed by atoms with E-state index in [-0.39, 0.29) is 5.54 Å². The molecule has 2 atom stereocenters. The molecule has 0 aromatic rings. The second kappa shape index (κ2) is 5.05. The standard InChI is InChI=1S/C14H28N2/c1-3-12-4-6-14(10-15,7-5-12)16-9-13-8-11(13)2/h11-13,16H,3-10,15H2,1-2H3. The predicted octanol–water partition coefficient (Wildman–Crippen LogP) is 2.53. The maximum absolute atomic E-state index is 6.00. The number of rotatable bonds is 5. The van der Waals surface area contributed by atoms with Crippen LogP contribution in [-0.4, -0.2) is 18.6 Å². The third-order valence-corrected chi connectivity index (χ3v) is 5.05. The van der Waals surface area contributed by atoms with Gasteiger partial charge in [-0.05, 0) is 56.4 Å². The van der Waals surface area contributed by atoms with E-state index in [0.29, 0.717) is 0 Å². The first-order chi connectivity index (χ1) is 7.69. The summed E-state index contributed by atoms with van der Waals surface area (Å²) in [6, 6.07) is 0. The molecule has 0 amide bonds. The Balaban J connectivity index is 1.78. The van der Waals surface area contributed by atoms with Gasteiger partial charge in [0.2, 0.25) is 0 Å². The van der Waals surface area contributed by atoms with Crippen molar-refractivity contribution in [1.82, 2.24) is 5.32 Å². The van der Waals surface area contributed by atoms with E-state index < -0.39 is 0 Å². The lowest BCUT2D eigenvalue weighted by Crippen LogP contribution is -2.54. The van der Waals surface area contributed by atoms with Gasteiger partial charge in [-0.1, -0.05) is 20.3 Å². The molecule has 0 bridgehead atoms. The number of nitrogens with two attached hydrogens (primary N) is 1. The highest BCUT2D eigenvalue weighted by molar-refractivity contribution is 4.96.